The molecular formula is C42H26BN3. The lowest BCUT2D eigenvalue weighted by Gasteiger charge is -2.41. The van der Waals surface area contributed by atoms with E-state index in [9.17, 15) is 0 Å². The molecular weight excluding hydrogens is 557 g/mol. The lowest BCUT2D eigenvalue weighted by Crippen LogP contribution is -2.57. The summed E-state index contributed by atoms with van der Waals surface area (Å²) in [6, 6.07) is 58.0. The van der Waals surface area contributed by atoms with Crippen LogP contribution in [0.5, 0.6) is 0 Å². The van der Waals surface area contributed by atoms with Crippen LogP contribution in [0, 0.1) is 0 Å². The third kappa shape index (κ3) is 2.94. The van der Waals surface area contributed by atoms with Gasteiger partial charge in [0.2, 0.25) is 6.71 Å². The number of hydrogen-bond donors (Lipinski definition) is 0. The van der Waals surface area contributed by atoms with Crippen LogP contribution in [0.4, 0.5) is 17.1 Å². The molecule has 2 aromatic heterocycles. The maximum Gasteiger partial charge on any atom is 0.246 e. The van der Waals surface area contributed by atoms with E-state index < -0.39 is 0 Å². The lowest BCUT2D eigenvalue weighted by atomic mass is 9.35. The predicted molar refractivity (Wildman–Crippen MR) is 194 cm³/mol. The number of para-hydroxylation sites is 5. The van der Waals surface area contributed by atoms with Crippen LogP contribution in [-0.4, -0.2) is 15.8 Å². The van der Waals surface area contributed by atoms with Crippen molar-refractivity contribution in [1.29, 1.82) is 0 Å². The summed E-state index contributed by atoms with van der Waals surface area (Å²) in [5, 5.41) is 5.19. The van der Waals surface area contributed by atoms with Crippen molar-refractivity contribution in [2.45, 2.75) is 0 Å². The molecule has 46 heavy (non-hydrogen) atoms. The Morgan fingerprint density at radius 3 is 1.85 bits per heavy atom. The van der Waals surface area contributed by atoms with E-state index in [-0.39, 0.29) is 6.71 Å². The van der Waals surface area contributed by atoms with Gasteiger partial charge in [-0.05, 0) is 59.5 Å². The summed E-state index contributed by atoms with van der Waals surface area (Å²) >= 11 is 0. The van der Waals surface area contributed by atoms with E-state index in [1.807, 2.05) is 0 Å². The van der Waals surface area contributed by atoms with Gasteiger partial charge >= 0.3 is 0 Å². The van der Waals surface area contributed by atoms with Crippen LogP contribution >= 0.6 is 0 Å². The molecule has 4 heterocycles. The maximum atomic E-state index is 2.54. The van der Waals surface area contributed by atoms with Crippen LogP contribution in [0.15, 0.2) is 158 Å². The van der Waals surface area contributed by atoms with Gasteiger partial charge in [-0.25, -0.2) is 0 Å². The van der Waals surface area contributed by atoms with E-state index in [2.05, 4.69) is 172 Å². The smallest absolute Gasteiger partial charge is 0.246 e. The highest BCUT2D eigenvalue weighted by Crippen LogP contribution is 2.51. The van der Waals surface area contributed by atoms with Gasteiger partial charge in [-0.3, -0.25) is 0 Å². The minimum Gasteiger partial charge on any atom is -0.309 e. The highest BCUT2D eigenvalue weighted by Gasteiger charge is 2.40. The Morgan fingerprint density at radius 2 is 1.02 bits per heavy atom. The van der Waals surface area contributed by atoms with Crippen molar-refractivity contribution >= 4 is 83.8 Å². The zero-order valence-electron chi connectivity index (χ0n) is 24.9. The standard InChI is InChI=1S/C42H26BN3/c1-3-13-27(14-4-1)43-31-18-8-10-20-34(31)45-35-21-11-12-22-36(35)46-38-26-25-37-39(40(38)30-23-24-32(43)42(45)41(30)46)29-17-7-9-19-33(29)44(37)28-15-5-2-6-16-28/h1-26H. The summed E-state index contributed by atoms with van der Waals surface area (Å²) in [6.45, 7) is 0.143. The van der Waals surface area contributed by atoms with E-state index >= 15 is 0 Å². The van der Waals surface area contributed by atoms with Gasteiger partial charge in [0.15, 0.2) is 0 Å². The maximum absolute atomic E-state index is 2.54. The zero-order valence-corrected chi connectivity index (χ0v) is 24.9. The number of anilines is 3. The molecule has 0 amide bonds. The molecule has 2 aliphatic rings. The number of aromatic nitrogens is 2. The lowest BCUT2D eigenvalue weighted by molar-refractivity contribution is 1.11. The Labute approximate surface area is 266 Å². The molecule has 0 bridgehead atoms. The predicted octanol–water partition coefficient (Wildman–Crippen LogP) is 8.49. The second-order valence-electron chi connectivity index (χ2n) is 12.5. The average Bonchev–Trinajstić information content (AvgIpc) is 3.65. The third-order valence-electron chi connectivity index (χ3n) is 10.3. The fourth-order valence-corrected chi connectivity index (χ4v) is 8.55. The SMILES string of the molecule is c1ccc(B2c3ccccc3N3c4ccccc4-n4c5ccc6c(c7ccccc7n6-c6ccccc6)c5c5ccc2c3c54)cc1. The Hall–Kier alpha value is -6.00. The highest BCUT2D eigenvalue weighted by atomic mass is 15.2. The molecule has 9 aromatic rings. The van der Waals surface area contributed by atoms with Crippen molar-refractivity contribution in [1.82, 2.24) is 9.13 Å². The van der Waals surface area contributed by atoms with Crippen LogP contribution in [0.3, 0.4) is 0 Å². The fourth-order valence-electron chi connectivity index (χ4n) is 8.55. The van der Waals surface area contributed by atoms with E-state index in [1.54, 1.807) is 0 Å². The second-order valence-corrected chi connectivity index (χ2v) is 12.5. The van der Waals surface area contributed by atoms with Crippen LogP contribution in [0.25, 0.3) is 55.0 Å². The molecule has 0 spiro atoms. The Kier molecular flexibility index (Phi) is 4.66. The minimum atomic E-state index is 0.143. The topological polar surface area (TPSA) is 13.1 Å². The van der Waals surface area contributed by atoms with Crippen molar-refractivity contribution in [2.75, 3.05) is 4.90 Å². The van der Waals surface area contributed by atoms with Gasteiger partial charge in [-0.2, -0.15) is 0 Å². The van der Waals surface area contributed by atoms with E-state index in [0.29, 0.717) is 0 Å². The number of rotatable bonds is 2. The van der Waals surface area contributed by atoms with Crippen molar-refractivity contribution in [3.8, 4) is 11.4 Å². The Morgan fingerprint density at radius 1 is 0.391 bits per heavy atom. The average molecular weight is 584 g/mol. The number of hydrogen-bond acceptors (Lipinski definition) is 1. The van der Waals surface area contributed by atoms with Crippen LogP contribution in [-0.2, 0) is 0 Å². The summed E-state index contributed by atoms with van der Waals surface area (Å²) < 4.78 is 4.96. The quantitative estimate of drug-likeness (QED) is 0.186. The van der Waals surface area contributed by atoms with E-state index in [4.69, 9.17) is 0 Å². The first-order valence-corrected chi connectivity index (χ1v) is 16.0. The molecule has 4 heteroatoms. The molecule has 7 aromatic carbocycles. The van der Waals surface area contributed by atoms with Gasteiger partial charge in [0.05, 0.1) is 39.1 Å². The second kappa shape index (κ2) is 8.80. The summed E-state index contributed by atoms with van der Waals surface area (Å²) in [7, 11) is 0. The van der Waals surface area contributed by atoms with E-state index in [0.717, 1.165) is 0 Å². The molecule has 0 unspecified atom stereocenters. The molecule has 2 aliphatic heterocycles. The van der Waals surface area contributed by atoms with Crippen LogP contribution < -0.4 is 21.3 Å². The summed E-state index contributed by atoms with van der Waals surface area (Å²) in [6.07, 6.45) is 0. The van der Waals surface area contributed by atoms with Crippen LogP contribution in [0.2, 0.25) is 0 Å². The Balaban J connectivity index is 1.35. The molecule has 0 aliphatic carbocycles. The monoisotopic (exact) mass is 583 g/mol. The highest BCUT2D eigenvalue weighted by molar-refractivity contribution is 6.98. The molecule has 0 atom stereocenters. The van der Waals surface area contributed by atoms with Gasteiger partial charge in [0.25, 0.3) is 0 Å². The normalized spacial score (nSPS) is 13.1. The van der Waals surface area contributed by atoms with Crippen molar-refractivity contribution < 1.29 is 0 Å². The van der Waals surface area contributed by atoms with Gasteiger partial charge in [-0.1, -0.05) is 115 Å². The largest absolute Gasteiger partial charge is 0.309 e. The number of benzene rings is 7. The molecule has 0 saturated heterocycles. The third-order valence-corrected chi connectivity index (χ3v) is 10.3. The van der Waals surface area contributed by atoms with Crippen molar-refractivity contribution in [2.24, 2.45) is 0 Å². The summed E-state index contributed by atoms with van der Waals surface area (Å²) in [5.74, 6) is 0. The van der Waals surface area contributed by atoms with Gasteiger partial charge < -0.3 is 14.0 Å². The zero-order chi connectivity index (χ0) is 29.9. The first kappa shape index (κ1) is 24.3. The van der Waals surface area contributed by atoms with Gasteiger partial charge in [0, 0.05) is 32.9 Å². The molecule has 0 N–H and O–H groups in total. The molecule has 0 fully saturated rings. The number of fused-ring (bicyclic) bond motifs is 12. The summed E-state index contributed by atoms with van der Waals surface area (Å²) in [4.78, 5) is 2.53. The molecule has 0 saturated carbocycles. The van der Waals surface area contributed by atoms with Gasteiger partial charge in [-0.15, -0.1) is 0 Å². The van der Waals surface area contributed by atoms with E-state index in [1.165, 1.54) is 88.4 Å². The first-order chi connectivity index (χ1) is 22.9. The van der Waals surface area contributed by atoms with Gasteiger partial charge in [0.1, 0.15) is 0 Å². The summed E-state index contributed by atoms with van der Waals surface area (Å²) in [5.41, 5.74) is 15.1. The minimum absolute atomic E-state index is 0.143. The molecule has 3 nitrogen and oxygen atoms in total. The fraction of sp³-hybridized carbons (Fsp3) is 0. The molecule has 0 radical (unpaired) electrons. The number of nitrogens with zero attached hydrogens (tertiary/aromatic N) is 3. The first-order valence-electron chi connectivity index (χ1n) is 16.0. The molecule has 11 rings (SSSR count). The Bertz CT molecular complexity index is 2700. The van der Waals surface area contributed by atoms with Crippen molar-refractivity contribution in [3.05, 3.63) is 158 Å². The molecule has 212 valence electrons. The van der Waals surface area contributed by atoms with Crippen LogP contribution in [0.1, 0.15) is 0 Å². The van der Waals surface area contributed by atoms with Crippen molar-refractivity contribution in [3.63, 3.8) is 0 Å².